The highest BCUT2D eigenvalue weighted by Gasteiger charge is 2.32. The average Bonchev–Trinajstić information content (AvgIpc) is 2.77. The Morgan fingerprint density at radius 1 is 1.06 bits per heavy atom. The summed E-state index contributed by atoms with van der Waals surface area (Å²) >= 11 is 0. The van der Waals surface area contributed by atoms with Crippen molar-refractivity contribution in [2.24, 2.45) is 0 Å². The monoisotopic (exact) mass is 417 g/mol. The number of benzene rings is 2. The Morgan fingerprint density at radius 3 is 2.55 bits per heavy atom. The number of nitrogens with zero attached hydrogens (tertiary/aromatic N) is 2. The molecule has 0 bridgehead atoms. The lowest BCUT2D eigenvalue weighted by Crippen LogP contribution is -2.53. The van der Waals surface area contributed by atoms with E-state index in [0.717, 1.165) is 30.6 Å². The Balaban J connectivity index is 1.40. The summed E-state index contributed by atoms with van der Waals surface area (Å²) in [5.74, 6) is -0.0947. The molecule has 31 heavy (non-hydrogen) atoms. The van der Waals surface area contributed by atoms with Crippen molar-refractivity contribution < 1.29 is 9.59 Å². The summed E-state index contributed by atoms with van der Waals surface area (Å²) < 4.78 is 0. The lowest BCUT2D eigenvalue weighted by atomic mass is 9.92. The van der Waals surface area contributed by atoms with Gasteiger partial charge in [0.15, 0.2) is 0 Å². The van der Waals surface area contributed by atoms with Crippen molar-refractivity contribution in [1.29, 1.82) is 0 Å². The van der Waals surface area contributed by atoms with Gasteiger partial charge in [0.25, 0.3) is 0 Å². The second kappa shape index (κ2) is 8.67. The minimum absolute atomic E-state index is 0.0353. The zero-order chi connectivity index (χ0) is 22.0. The van der Waals surface area contributed by atoms with Crippen LogP contribution in [-0.4, -0.2) is 40.2 Å². The first-order valence-electron chi connectivity index (χ1n) is 11.0. The predicted molar refractivity (Wildman–Crippen MR) is 123 cm³/mol. The molecule has 1 unspecified atom stereocenters. The van der Waals surface area contributed by atoms with Gasteiger partial charge in [0, 0.05) is 38.3 Å². The Kier molecular flexibility index (Phi) is 5.96. The normalized spacial score (nSPS) is 18.3. The number of amides is 2. The third-order valence-electron chi connectivity index (χ3n) is 6.55. The van der Waals surface area contributed by atoms with Crippen LogP contribution < -0.4 is 5.32 Å². The lowest BCUT2D eigenvalue weighted by Gasteiger charge is -2.42. The number of hydrogen-bond donors (Lipinski definition) is 1. The highest BCUT2D eigenvalue weighted by Crippen LogP contribution is 2.33. The molecule has 2 aromatic rings. The first kappa shape index (κ1) is 21.3. The third kappa shape index (κ3) is 4.57. The Morgan fingerprint density at radius 2 is 1.77 bits per heavy atom. The Bertz CT molecular complexity index is 1010. The van der Waals surface area contributed by atoms with Crippen molar-refractivity contribution in [2.75, 3.05) is 13.1 Å². The van der Waals surface area contributed by atoms with Crippen molar-refractivity contribution in [1.82, 2.24) is 15.1 Å². The SMILES string of the molecule is CC(=O)N1C=Cc2ccccc2C1CC(=O)NCC(C)(C)N1CCc2ccccc2C1. The maximum atomic E-state index is 12.9. The molecule has 4 rings (SSSR count). The van der Waals surface area contributed by atoms with Crippen molar-refractivity contribution in [2.45, 2.75) is 51.7 Å². The molecule has 2 aliphatic heterocycles. The first-order chi connectivity index (χ1) is 14.8. The molecule has 2 aromatic carbocycles. The highest BCUT2D eigenvalue weighted by molar-refractivity contribution is 5.81. The molecule has 162 valence electrons. The number of nitrogens with one attached hydrogen (secondary N) is 1. The predicted octanol–water partition coefficient (Wildman–Crippen LogP) is 3.90. The topological polar surface area (TPSA) is 52.7 Å². The molecule has 0 spiro atoms. The number of fused-ring (bicyclic) bond motifs is 2. The largest absolute Gasteiger partial charge is 0.354 e. The second-order valence-corrected chi connectivity index (χ2v) is 9.12. The molecule has 2 heterocycles. The van der Waals surface area contributed by atoms with Crippen molar-refractivity contribution in [3.63, 3.8) is 0 Å². The van der Waals surface area contributed by atoms with Crippen molar-refractivity contribution >= 4 is 17.9 Å². The molecule has 1 atom stereocenters. The van der Waals surface area contributed by atoms with Gasteiger partial charge < -0.3 is 10.2 Å². The highest BCUT2D eigenvalue weighted by atomic mass is 16.2. The van der Waals surface area contributed by atoms with E-state index in [1.165, 1.54) is 11.1 Å². The molecule has 0 aromatic heterocycles. The van der Waals surface area contributed by atoms with Gasteiger partial charge in [-0.25, -0.2) is 0 Å². The van der Waals surface area contributed by atoms with E-state index in [2.05, 4.69) is 48.3 Å². The molecular formula is C26H31N3O2. The van der Waals surface area contributed by atoms with Gasteiger partial charge in [0.05, 0.1) is 12.5 Å². The van der Waals surface area contributed by atoms with Crippen molar-refractivity contribution in [3.05, 3.63) is 77.0 Å². The van der Waals surface area contributed by atoms with Crippen LogP contribution in [0.2, 0.25) is 0 Å². The van der Waals surface area contributed by atoms with Gasteiger partial charge in [-0.3, -0.25) is 14.5 Å². The van der Waals surface area contributed by atoms with Crippen LogP contribution in [0.1, 0.15) is 55.5 Å². The third-order valence-corrected chi connectivity index (χ3v) is 6.55. The molecule has 0 aliphatic carbocycles. The van der Waals surface area contributed by atoms with Crippen LogP contribution in [0.3, 0.4) is 0 Å². The fourth-order valence-corrected chi connectivity index (χ4v) is 4.60. The van der Waals surface area contributed by atoms with Gasteiger partial charge in [-0.2, -0.15) is 0 Å². The summed E-state index contributed by atoms with van der Waals surface area (Å²) in [5.41, 5.74) is 4.71. The Labute approximate surface area is 184 Å². The van der Waals surface area contributed by atoms with Crippen molar-refractivity contribution in [3.8, 4) is 0 Å². The van der Waals surface area contributed by atoms with E-state index < -0.39 is 0 Å². The molecule has 0 saturated heterocycles. The smallest absolute Gasteiger partial charge is 0.223 e. The summed E-state index contributed by atoms with van der Waals surface area (Å²) in [5, 5.41) is 3.14. The van der Waals surface area contributed by atoms with E-state index in [9.17, 15) is 9.59 Å². The zero-order valence-corrected chi connectivity index (χ0v) is 18.6. The maximum Gasteiger partial charge on any atom is 0.223 e. The Hall–Kier alpha value is -2.92. The van der Waals surface area contributed by atoms with Gasteiger partial charge in [-0.1, -0.05) is 48.5 Å². The second-order valence-electron chi connectivity index (χ2n) is 9.12. The summed E-state index contributed by atoms with van der Waals surface area (Å²) in [6.07, 6.45) is 5.01. The van der Waals surface area contributed by atoms with E-state index >= 15 is 0 Å². The van der Waals surface area contributed by atoms with E-state index in [4.69, 9.17) is 0 Å². The lowest BCUT2D eigenvalue weighted by molar-refractivity contribution is -0.130. The summed E-state index contributed by atoms with van der Waals surface area (Å²) in [6.45, 7) is 8.36. The van der Waals surface area contributed by atoms with Gasteiger partial charge in [-0.15, -0.1) is 0 Å². The van der Waals surface area contributed by atoms with Crippen LogP contribution in [0.4, 0.5) is 0 Å². The first-order valence-corrected chi connectivity index (χ1v) is 11.0. The quantitative estimate of drug-likeness (QED) is 0.803. The molecule has 5 heteroatoms. The molecule has 0 saturated carbocycles. The van der Waals surface area contributed by atoms with Gasteiger partial charge in [0.1, 0.15) is 0 Å². The summed E-state index contributed by atoms with van der Waals surface area (Å²) in [7, 11) is 0. The molecule has 5 nitrogen and oxygen atoms in total. The fraction of sp³-hybridized carbons (Fsp3) is 0.385. The summed E-state index contributed by atoms with van der Waals surface area (Å²) in [4.78, 5) is 29.2. The van der Waals surface area contributed by atoms with Gasteiger partial charge >= 0.3 is 0 Å². The van der Waals surface area contributed by atoms with Crippen LogP contribution in [-0.2, 0) is 22.6 Å². The zero-order valence-electron chi connectivity index (χ0n) is 18.6. The molecule has 1 N–H and O–H groups in total. The number of carbonyl (C=O) groups excluding carboxylic acids is 2. The van der Waals surface area contributed by atoms with Crippen LogP contribution in [0.25, 0.3) is 6.08 Å². The van der Waals surface area contributed by atoms with Crippen LogP contribution in [0.15, 0.2) is 54.7 Å². The minimum atomic E-state index is -0.274. The van der Waals surface area contributed by atoms with E-state index in [1.807, 2.05) is 30.3 Å². The van der Waals surface area contributed by atoms with Crippen LogP contribution in [0.5, 0.6) is 0 Å². The van der Waals surface area contributed by atoms with E-state index in [0.29, 0.717) is 6.54 Å². The van der Waals surface area contributed by atoms with Gasteiger partial charge in [0.2, 0.25) is 11.8 Å². The maximum absolute atomic E-state index is 12.9. The molecule has 0 fully saturated rings. The number of carbonyl (C=O) groups is 2. The van der Waals surface area contributed by atoms with E-state index in [1.54, 1.807) is 18.0 Å². The summed E-state index contributed by atoms with van der Waals surface area (Å²) in [6, 6.07) is 16.3. The standard InChI is InChI=1S/C26H31N3O2/c1-19(30)29-15-13-21-9-6-7-11-23(21)24(29)16-25(31)27-18-26(2,3)28-14-12-20-8-4-5-10-22(20)17-28/h4-11,13,15,24H,12,14,16-18H2,1-3H3,(H,27,31). The molecule has 2 aliphatic rings. The van der Waals surface area contributed by atoms with Gasteiger partial charge in [-0.05, 0) is 48.6 Å². The average molecular weight is 418 g/mol. The van der Waals surface area contributed by atoms with E-state index in [-0.39, 0.29) is 29.8 Å². The minimum Gasteiger partial charge on any atom is -0.354 e. The molecule has 2 amide bonds. The number of hydrogen-bond acceptors (Lipinski definition) is 3. The van der Waals surface area contributed by atoms with Crippen LogP contribution in [0, 0.1) is 0 Å². The fourth-order valence-electron chi connectivity index (χ4n) is 4.60. The number of rotatable bonds is 5. The molecule has 0 radical (unpaired) electrons. The van der Waals surface area contributed by atoms with Crippen LogP contribution >= 0.6 is 0 Å². The molecular weight excluding hydrogens is 386 g/mol.